The largest absolute Gasteiger partial charge is 0.356 e. The fourth-order valence-corrected chi connectivity index (χ4v) is 3.85. The molecule has 2 aliphatic rings. The van der Waals surface area contributed by atoms with E-state index in [0.717, 1.165) is 5.82 Å². The highest BCUT2D eigenvalue weighted by Gasteiger charge is 2.34. The third-order valence-corrected chi connectivity index (χ3v) is 5.63. The third kappa shape index (κ3) is 5.63. The van der Waals surface area contributed by atoms with Gasteiger partial charge in [0, 0.05) is 63.9 Å². The van der Waals surface area contributed by atoms with E-state index in [1.165, 1.54) is 18.5 Å². The van der Waals surface area contributed by atoms with Crippen molar-refractivity contribution in [3.63, 3.8) is 0 Å². The van der Waals surface area contributed by atoms with Crippen molar-refractivity contribution < 1.29 is 18.0 Å². The molecule has 0 atom stereocenters. The summed E-state index contributed by atoms with van der Waals surface area (Å²) >= 11 is 0. The Kier molecular flexibility index (Phi) is 6.26. The SMILES string of the molecule is O=C(CN1CCN(c2cc(N3CCC(F)(F)CC3)ncn2)CC1)Nc1cccc(F)c1. The van der Waals surface area contributed by atoms with Gasteiger partial charge in [0.2, 0.25) is 5.91 Å². The molecule has 0 unspecified atom stereocenters. The molecule has 1 N–H and O–H groups in total. The van der Waals surface area contributed by atoms with Gasteiger partial charge in [-0.25, -0.2) is 23.1 Å². The maximum absolute atomic E-state index is 13.4. The Bertz CT molecular complexity index is 909. The van der Waals surface area contributed by atoms with Crippen LogP contribution < -0.4 is 15.1 Å². The highest BCUT2D eigenvalue weighted by atomic mass is 19.3. The number of carbonyl (C=O) groups is 1. The lowest BCUT2D eigenvalue weighted by atomic mass is 10.1. The van der Waals surface area contributed by atoms with Crippen molar-refractivity contribution >= 4 is 23.2 Å². The van der Waals surface area contributed by atoms with Gasteiger partial charge in [-0.15, -0.1) is 0 Å². The van der Waals surface area contributed by atoms with Crippen molar-refractivity contribution in [3.8, 4) is 0 Å². The van der Waals surface area contributed by atoms with Crippen LogP contribution in [0.25, 0.3) is 0 Å². The molecule has 10 heteroatoms. The molecule has 2 saturated heterocycles. The zero-order valence-electron chi connectivity index (χ0n) is 17.1. The van der Waals surface area contributed by atoms with Gasteiger partial charge in [0.1, 0.15) is 23.8 Å². The molecule has 4 rings (SSSR count). The second kappa shape index (κ2) is 9.09. The van der Waals surface area contributed by atoms with Gasteiger partial charge < -0.3 is 15.1 Å². The monoisotopic (exact) mass is 434 g/mol. The first-order valence-corrected chi connectivity index (χ1v) is 10.4. The van der Waals surface area contributed by atoms with Gasteiger partial charge in [-0.05, 0) is 18.2 Å². The zero-order valence-corrected chi connectivity index (χ0v) is 17.1. The van der Waals surface area contributed by atoms with Crippen LogP contribution in [0.3, 0.4) is 0 Å². The number of halogens is 3. The van der Waals surface area contributed by atoms with Crippen molar-refractivity contribution in [2.45, 2.75) is 18.8 Å². The molecule has 31 heavy (non-hydrogen) atoms. The number of nitrogens with one attached hydrogen (secondary N) is 1. The summed E-state index contributed by atoms with van der Waals surface area (Å²) in [6.45, 7) is 3.48. The fraction of sp³-hybridized carbons (Fsp3) is 0.476. The fourth-order valence-electron chi connectivity index (χ4n) is 3.85. The van der Waals surface area contributed by atoms with Crippen LogP contribution in [0.1, 0.15) is 12.8 Å². The highest BCUT2D eigenvalue weighted by molar-refractivity contribution is 5.92. The van der Waals surface area contributed by atoms with Crippen LogP contribution >= 0.6 is 0 Å². The maximum atomic E-state index is 13.4. The van der Waals surface area contributed by atoms with Crippen LogP contribution in [-0.4, -0.2) is 72.5 Å². The number of aromatic nitrogens is 2. The number of hydrogen-bond donors (Lipinski definition) is 1. The Labute approximate surface area is 178 Å². The van der Waals surface area contributed by atoms with Gasteiger partial charge in [0.05, 0.1) is 6.54 Å². The third-order valence-electron chi connectivity index (χ3n) is 5.63. The molecule has 1 amide bonds. The molecule has 3 heterocycles. The molecule has 2 fully saturated rings. The van der Waals surface area contributed by atoms with Crippen LogP contribution in [0.2, 0.25) is 0 Å². The number of hydrogen-bond acceptors (Lipinski definition) is 6. The second-order valence-electron chi connectivity index (χ2n) is 7.90. The van der Waals surface area contributed by atoms with Crippen LogP contribution in [-0.2, 0) is 4.79 Å². The summed E-state index contributed by atoms with van der Waals surface area (Å²) in [5.41, 5.74) is 0.438. The predicted octanol–water partition coefficient (Wildman–Crippen LogP) is 2.61. The topological polar surface area (TPSA) is 64.6 Å². The molecular weight excluding hydrogens is 409 g/mol. The first kappa shape index (κ1) is 21.4. The van der Waals surface area contributed by atoms with E-state index in [2.05, 4.69) is 20.2 Å². The molecular formula is C21H25F3N6O. The summed E-state index contributed by atoms with van der Waals surface area (Å²) in [6.07, 6.45) is 1.14. The highest BCUT2D eigenvalue weighted by Crippen LogP contribution is 2.30. The first-order valence-electron chi connectivity index (χ1n) is 10.4. The average molecular weight is 434 g/mol. The van der Waals surface area contributed by atoms with Gasteiger partial charge in [-0.2, -0.15) is 0 Å². The Morgan fingerprint density at radius 2 is 1.61 bits per heavy atom. The summed E-state index contributed by atoms with van der Waals surface area (Å²) in [6, 6.07) is 7.65. The standard InChI is InChI=1S/C21H25F3N6O/c22-16-2-1-3-17(12-16)27-20(31)14-28-8-10-30(11-9-28)19-13-18(25-15-26-19)29-6-4-21(23,24)5-7-29/h1-3,12-13,15H,4-11,14H2,(H,27,31). The van der Waals surface area contributed by atoms with Crippen LogP contribution in [0.5, 0.6) is 0 Å². The Hall–Kier alpha value is -2.88. The average Bonchev–Trinajstić information content (AvgIpc) is 2.74. The van der Waals surface area contributed by atoms with Gasteiger partial charge in [0.15, 0.2) is 0 Å². The molecule has 2 aliphatic heterocycles. The summed E-state index contributed by atoms with van der Waals surface area (Å²) in [5, 5.41) is 2.71. The van der Waals surface area contributed by atoms with E-state index in [9.17, 15) is 18.0 Å². The molecule has 0 spiro atoms. The van der Waals surface area contributed by atoms with Gasteiger partial charge in [-0.1, -0.05) is 6.07 Å². The number of alkyl halides is 2. The van der Waals surface area contributed by atoms with E-state index >= 15 is 0 Å². The van der Waals surface area contributed by atoms with Crippen molar-refractivity contribution in [2.24, 2.45) is 0 Å². The molecule has 166 valence electrons. The Balaban J connectivity index is 1.28. The molecule has 7 nitrogen and oxygen atoms in total. The van der Waals surface area contributed by atoms with Crippen LogP contribution in [0.15, 0.2) is 36.7 Å². The van der Waals surface area contributed by atoms with Crippen molar-refractivity contribution in [1.29, 1.82) is 0 Å². The Morgan fingerprint density at radius 1 is 0.968 bits per heavy atom. The summed E-state index contributed by atoms with van der Waals surface area (Å²) in [7, 11) is 0. The minimum Gasteiger partial charge on any atom is -0.356 e. The zero-order chi connectivity index (χ0) is 21.8. The number of piperazine rings is 1. The number of anilines is 3. The lowest BCUT2D eigenvalue weighted by molar-refractivity contribution is -0.117. The molecule has 1 aromatic carbocycles. The number of nitrogens with zero attached hydrogens (tertiary/aromatic N) is 5. The van der Waals surface area contributed by atoms with Gasteiger partial charge >= 0.3 is 0 Å². The van der Waals surface area contributed by atoms with E-state index in [0.29, 0.717) is 37.7 Å². The first-order chi connectivity index (χ1) is 14.9. The summed E-state index contributed by atoms with van der Waals surface area (Å²) in [5.74, 6) is -1.76. The van der Waals surface area contributed by atoms with E-state index in [1.807, 2.05) is 15.9 Å². The van der Waals surface area contributed by atoms with Gasteiger partial charge in [-0.3, -0.25) is 9.69 Å². The number of carbonyl (C=O) groups excluding carboxylic acids is 1. The summed E-state index contributed by atoms with van der Waals surface area (Å²) in [4.78, 5) is 26.8. The maximum Gasteiger partial charge on any atom is 0.251 e. The Morgan fingerprint density at radius 3 is 2.26 bits per heavy atom. The van der Waals surface area contributed by atoms with Crippen molar-refractivity contribution in [3.05, 3.63) is 42.5 Å². The minimum absolute atomic E-state index is 0.164. The lowest BCUT2D eigenvalue weighted by Crippen LogP contribution is -2.49. The summed E-state index contributed by atoms with van der Waals surface area (Å²) < 4.78 is 40.1. The smallest absolute Gasteiger partial charge is 0.251 e. The number of benzene rings is 1. The quantitative estimate of drug-likeness (QED) is 0.781. The van der Waals surface area contributed by atoms with Crippen LogP contribution in [0, 0.1) is 5.82 Å². The molecule has 0 saturated carbocycles. The van der Waals surface area contributed by atoms with E-state index in [1.54, 1.807) is 12.1 Å². The van der Waals surface area contributed by atoms with Crippen molar-refractivity contribution in [2.75, 3.05) is 60.9 Å². The molecule has 0 bridgehead atoms. The van der Waals surface area contributed by atoms with E-state index < -0.39 is 11.7 Å². The minimum atomic E-state index is -2.59. The number of piperidine rings is 1. The number of amides is 1. The predicted molar refractivity (Wildman–Crippen MR) is 112 cm³/mol. The molecule has 1 aromatic heterocycles. The normalized spacial score (nSPS) is 19.3. The molecule has 0 radical (unpaired) electrons. The van der Waals surface area contributed by atoms with Crippen molar-refractivity contribution in [1.82, 2.24) is 14.9 Å². The van der Waals surface area contributed by atoms with Gasteiger partial charge in [0.25, 0.3) is 5.92 Å². The lowest BCUT2D eigenvalue weighted by Gasteiger charge is -2.36. The van der Waals surface area contributed by atoms with E-state index in [-0.39, 0.29) is 38.4 Å². The number of rotatable bonds is 5. The molecule has 0 aliphatic carbocycles. The van der Waals surface area contributed by atoms with E-state index in [4.69, 9.17) is 0 Å². The molecule has 2 aromatic rings. The second-order valence-corrected chi connectivity index (χ2v) is 7.90. The van der Waals surface area contributed by atoms with Crippen LogP contribution in [0.4, 0.5) is 30.5 Å².